The summed E-state index contributed by atoms with van der Waals surface area (Å²) >= 11 is 0. The third kappa shape index (κ3) is 2.41. The topological polar surface area (TPSA) is 131 Å². The van der Waals surface area contributed by atoms with Crippen LogP contribution in [0.15, 0.2) is 29.1 Å². The molecular formula is C15H8F3N3O5. The molecule has 0 atom stereocenters. The number of phenolic OH excluding ortho intramolecular Hbond substituents is 1. The summed E-state index contributed by atoms with van der Waals surface area (Å²) in [6.45, 7) is 0. The van der Waals surface area contributed by atoms with E-state index in [1.807, 2.05) is 5.32 Å². The van der Waals surface area contributed by atoms with Gasteiger partial charge in [0.1, 0.15) is 11.6 Å². The van der Waals surface area contributed by atoms with E-state index in [2.05, 4.69) is 0 Å². The smallest absolute Gasteiger partial charge is 0.455 e. The number of nitrogens with zero attached hydrogens (tertiary/aromatic N) is 1. The first-order valence-corrected chi connectivity index (χ1v) is 6.89. The van der Waals surface area contributed by atoms with E-state index in [9.17, 15) is 37.5 Å². The van der Waals surface area contributed by atoms with Gasteiger partial charge in [-0.05, 0) is 12.1 Å². The minimum absolute atomic E-state index is 0.336. The van der Waals surface area contributed by atoms with E-state index in [-0.39, 0.29) is 5.56 Å². The number of imide groups is 1. The molecule has 1 aliphatic rings. The monoisotopic (exact) mass is 367 g/mol. The minimum Gasteiger partial charge on any atom is -0.507 e. The summed E-state index contributed by atoms with van der Waals surface area (Å²) in [5.41, 5.74) is 2.03. The van der Waals surface area contributed by atoms with Crippen molar-refractivity contribution >= 4 is 23.4 Å². The van der Waals surface area contributed by atoms with E-state index in [0.29, 0.717) is 10.6 Å². The number of hydrogen-bond acceptors (Lipinski definition) is 6. The van der Waals surface area contributed by atoms with Crippen molar-refractivity contribution in [1.82, 2.24) is 9.88 Å². The van der Waals surface area contributed by atoms with Gasteiger partial charge in [-0.1, -0.05) is 6.07 Å². The Morgan fingerprint density at radius 1 is 1.15 bits per heavy atom. The van der Waals surface area contributed by atoms with Crippen molar-refractivity contribution in [3.63, 3.8) is 0 Å². The van der Waals surface area contributed by atoms with Crippen LogP contribution < -0.4 is 16.6 Å². The molecule has 0 saturated carbocycles. The zero-order chi connectivity index (χ0) is 19.4. The Hall–Kier alpha value is -3.63. The summed E-state index contributed by atoms with van der Waals surface area (Å²) in [4.78, 5) is 47.4. The van der Waals surface area contributed by atoms with Crippen LogP contribution in [0, 0.1) is 0 Å². The van der Waals surface area contributed by atoms with Crippen molar-refractivity contribution in [2.75, 3.05) is 5.73 Å². The molecule has 8 nitrogen and oxygen atoms in total. The largest absolute Gasteiger partial charge is 0.507 e. The number of nitrogen functional groups attached to an aromatic ring is 1. The fraction of sp³-hybridized carbons (Fsp3) is 0.0667. The Balaban J connectivity index is 2.38. The van der Waals surface area contributed by atoms with Gasteiger partial charge in [0.05, 0.1) is 22.4 Å². The van der Waals surface area contributed by atoms with Gasteiger partial charge in [-0.15, -0.1) is 0 Å². The van der Waals surface area contributed by atoms with Crippen LogP contribution in [0.2, 0.25) is 0 Å². The van der Waals surface area contributed by atoms with E-state index in [4.69, 9.17) is 5.73 Å². The van der Waals surface area contributed by atoms with E-state index >= 15 is 0 Å². The molecule has 0 radical (unpaired) electrons. The van der Waals surface area contributed by atoms with E-state index in [0.717, 1.165) is 18.2 Å². The second-order valence-corrected chi connectivity index (χ2v) is 5.27. The predicted molar refractivity (Wildman–Crippen MR) is 80.3 cm³/mol. The number of anilines is 1. The maximum atomic E-state index is 12.9. The second kappa shape index (κ2) is 5.44. The first kappa shape index (κ1) is 17.2. The first-order valence-electron chi connectivity index (χ1n) is 6.89. The third-order valence-electron chi connectivity index (χ3n) is 3.70. The number of ketones is 1. The standard InChI is InChI=1S/C15H8F3N3O5/c16-15(17,18)11(24)10-6(2-1-3-7(10)22)21-8(23)4-5-9(12(21)19)14(26)20-13(5)25/h1-4,22H,19H2,(H,20,25,26). The Morgan fingerprint density at radius 2 is 1.81 bits per heavy atom. The number of phenols is 1. The van der Waals surface area contributed by atoms with Gasteiger partial charge in [-0.3, -0.25) is 29.1 Å². The number of benzene rings is 1. The van der Waals surface area contributed by atoms with Crippen LogP contribution in [-0.2, 0) is 0 Å². The van der Waals surface area contributed by atoms with Crippen molar-refractivity contribution in [1.29, 1.82) is 0 Å². The summed E-state index contributed by atoms with van der Waals surface area (Å²) in [7, 11) is 0. The molecule has 3 rings (SSSR count). The number of Topliss-reactive ketones (excluding diaryl/α,β-unsaturated/α-hetero) is 1. The lowest BCUT2D eigenvalue weighted by molar-refractivity contribution is -0.0886. The summed E-state index contributed by atoms with van der Waals surface area (Å²) in [6.07, 6.45) is -5.34. The Labute approximate surface area is 141 Å². The fourth-order valence-corrected chi connectivity index (χ4v) is 2.62. The van der Waals surface area contributed by atoms with Crippen molar-refractivity contribution in [3.8, 4) is 11.4 Å². The van der Waals surface area contributed by atoms with Crippen LogP contribution in [-0.4, -0.2) is 33.4 Å². The first-order chi connectivity index (χ1) is 12.0. The predicted octanol–water partition coefficient (Wildman–Crippen LogP) is 0.754. The summed E-state index contributed by atoms with van der Waals surface area (Å²) in [5.74, 6) is -5.91. The molecule has 0 aliphatic carbocycles. The summed E-state index contributed by atoms with van der Waals surface area (Å²) in [5, 5.41) is 11.6. The highest BCUT2D eigenvalue weighted by atomic mass is 19.4. The molecule has 0 spiro atoms. The van der Waals surface area contributed by atoms with E-state index in [1.54, 1.807) is 0 Å². The minimum atomic E-state index is -5.34. The van der Waals surface area contributed by atoms with Crippen LogP contribution in [0.1, 0.15) is 31.1 Å². The molecule has 1 aromatic carbocycles. The number of aromatic nitrogens is 1. The summed E-state index contributed by atoms with van der Waals surface area (Å²) in [6, 6.07) is 3.56. The number of halogens is 3. The highest BCUT2D eigenvalue weighted by Crippen LogP contribution is 2.33. The molecule has 26 heavy (non-hydrogen) atoms. The molecule has 2 heterocycles. The normalized spacial score (nSPS) is 13.5. The van der Waals surface area contributed by atoms with Crippen molar-refractivity contribution in [2.45, 2.75) is 6.18 Å². The number of nitrogens with one attached hydrogen (secondary N) is 1. The highest BCUT2D eigenvalue weighted by molar-refractivity contribution is 6.23. The lowest BCUT2D eigenvalue weighted by atomic mass is 10.0. The summed E-state index contributed by atoms with van der Waals surface area (Å²) < 4.78 is 39.0. The number of alkyl halides is 3. The van der Waals surface area contributed by atoms with Crippen molar-refractivity contribution < 1.29 is 32.7 Å². The second-order valence-electron chi connectivity index (χ2n) is 5.27. The lowest BCUT2D eigenvalue weighted by Crippen LogP contribution is -2.29. The van der Waals surface area contributed by atoms with Crippen molar-refractivity contribution in [3.05, 3.63) is 51.3 Å². The van der Waals surface area contributed by atoms with Gasteiger partial charge in [0.2, 0.25) is 0 Å². The Bertz CT molecular complexity index is 1060. The number of carbonyl (C=O) groups excluding carboxylic acids is 3. The number of amides is 2. The molecule has 11 heteroatoms. The van der Waals surface area contributed by atoms with Gasteiger partial charge in [-0.25, -0.2) is 0 Å². The number of nitrogens with two attached hydrogens (primary N) is 1. The molecule has 2 aromatic rings. The van der Waals surface area contributed by atoms with E-state index < -0.39 is 57.7 Å². The molecule has 1 aliphatic heterocycles. The van der Waals surface area contributed by atoms with Crippen LogP contribution >= 0.6 is 0 Å². The average molecular weight is 367 g/mol. The van der Waals surface area contributed by atoms with E-state index in [1.165, 1.54) is 0 Å². The van der Waals surface area contributed by atoms with Gasteiger partial charge in [0.25, 0.3) is 23.2 Å². The lowest BCUT2D eigenvalue weighted by Gasteiger charge is -2.16. The fourth-order valence-electron chi connectivity index (χ4n) is 2.62. The quantitative estimate of drug-likeness (QED) is 0.530. The number of hydrogen-bond donors (Lipinski definition) is 3. The van der Waals surface area contributed by atoms with Crippen LogP contribution in [0.4, 0.5) is 19.0 Å². The molecule has 4 N–H and O–H groups in total. The van der Waals surface area contributed by atoms with Gasteiger partial charge in [0.15, 0.2) is 0 Å². The molecule has 2 amide bonds. The van der Waals surface area contributed by atoms with Crippen LogP contribution in [0.5, 0.6) is 5.75 Å². The van der Waals surface area contributed by atoms with Gasteiger partial charge in [0, 0.05) is 6.07 Å². The number of pyridine rings is 1. The van der Waals surface area contributed by atoms with Gasteiger partial charge >= 0.3 is 6.18 Å². The average Bonchev–Trinajstić information content (AvgIpc) is 2.80. The highest BCUT2D eigenvalue weighted by Gasteiger charge is 2.43. The van der Waals surface area contributed by atoms with Crippen LogP contribution in [0.25, 0.3) is 5.69 Å². The molecule has 134 valence electrons. The SMILES string of the molecule is Nc1c2c(cc(=O)n1-c1cccc(O)c1C(=O)C(F)(F)F)C(=O)NC2=O. The van der Waals surface area contributed by atoms with Crippen molar-refractivity contribution in [2.24, 2.45) is 0 Å². The third-order valence-corrected chi connectivity index (χ3v) is 3.70. The number of aromatic hydroxyl groups is 1. The Morgan fingerprint density at radius 3 is 2.42 bits per heavy atom. The zero-order valence-electron chi connectivity index (χ0n) is 12.5. The van der Waals surface area contributed by atoms with Gasteiger partial charge < -0.3 is 10.8 Å². The molecule has 0 saturated heterocycles. The number of fused-ring (bicyclic) bond motifs is 1. The Kier molecular flexibility index (Phi) is 3.60. The molecule has 1 aromatic heterocycles. The van der Waals surface area contributed by atoms with Gasteiger partial charge in [-0.2, -0.15) is 13.2 Å². The molecular weight excluding hydrogens is 359 g/mol. The molecule has 0 unspecified atom stereocenters. The number of carbonyl (C=O) groups is 3. The molecule has 0 bridgehead atoms. The zero-order valence-corrected chi connectivity index (χ0v) is 12.5. The maximum Gasteiger partial charge on any atom is 0.455 e. The van der Waals surface area contributed by atoms with Crippen LogP contribution in [0.3, 0.4) is 0 Å². The number of rotatable bonds is 2. The maximum absolute atomic E-state index is 12.9. The molecule has 0 fully saturated rings.